The van der Waals surface area contributed by atoms with Gasteiger partial charge in [-0.25, -0.2) is 9.97 Å². The molecule has 0 spiro atoms. The van der Waals surface area contributed by atoms with Crippen LogP contribution < -0.4 is 15.8 Å². The first-order valence-electron chi connectivity index (χ1n) is 8.39. The largest absolute Gasteiger partial charge is 0.491 e. The summed E-state index contributed by atoms with van der Waals surface area (Å²) in [4.78, 5) is 31.5. The van der Waals surface area contributed by atoms with Gasteiger partial charge in [0, 0.05) is 6.42 Å². The zero-order chi connectivity index (χ0) is 19.6. The van der Waals surface area contributed by atoms with Crippen molar-refractivity contribution in [2.75, 3.05) is 24.8 Å². The number of hydrogen-bond acceptors (Lipinski definition) is 7. The molecule has 144 valence electrons. The lowest BCUT2D eigenvalue weighted by atomic mass is 10.2. The molecule has 0 fully saturated rings. The molecule has 0 aliphatic carbocycles. The molecular weight excluding hydrogens is 416 g/mol. The Bertz CT molecular complexity index is 801. The lowest BCUT2D eigenvalue weighted by Gasteiger charge is -2.12. The van der Waals surface area contributed by atoms with Gasteiger partial charge >= 0.3 is 5.97 Å². The summed E-state index contributed by atoms with van der Waals surface area (Å²) < 4.78 is 10.8. The predicted molar refractivity (Wildman–Crippen MR) is 105 cm³/mol. The first kappa shape index (κ1) is 20.6. The number of benzene rings is 1. The van der Waals surface area contributed by atoms with Crippen molar-refractivity contribution >= 4 is 39.3 Å². The van der Waals surface area contributed by atoms with Crippen molar-refractivity contribution in [3.05, 3.63) is 40.8 Å². The lowest BCUT2D eigenvalue weighted by Crippen LogP contribution is -2.17. The number of unbranched alkanes of at least 4 members (excludes halogenated alkanes) is 2. The molecule has 0 unspecified atom stereocenters. The third-order valence-corrected chi connectivity index (χ3v) is 4.01. The second-order valence-corrected chi connectivity index (χ2v) is 6.42. The summed E-state index contributed by atoms with van der Waals surface area (Å²) in [6.07, 6.45) is 4.19. The molecule has 0 bridgehead atoms. The molecule has 0 aliphatic heterocycles. The number of esters is 1. The van der Waals surface area contributed by atoms with E-state index in [1.54, 1.807) is 18.2 Å². The van der Waals surface area contributed by atoms with Gasteiger partial charge in [-0.2, -0.15) is 0 Å². The molecule has 9 heteroatoms. The Morgan fingerprint density at radius 2 is 2.00 bits per heavy atom. The maximum atomic E-state index is 12.4. The highest BCUT2D eigenvalue weighted by atomic mass is 79.9. The second kappa shape index (κ2) is 10.5. The summed E-state index contributed by atoms with van der Waals surface area (Å²) in [7, 11) is 1.38. The normalized spacial score (nSPS) is 10.3. The maximum absolute atomic E-state index is 12.4. The molecule has 2 rings (SSSR count). The summed E-state index contributed by atoms with van der Waals surface area (Å²) >= 11 is 3.17. The van der Waals surface area contributed by atoms with Crippen molar-refractivity contribution in [2.45, 2.75) is 25.7 Å². The van der Waals surface area contributed by atoms with Crippen molar-refractivity contribution in [2.24, 2.45) is 0 Å². The summed E-state index contributed by atoms with van der Waals surface area (Å²) in [5.74, 6) is -0.102. The fourth-order valence-corrected chi connectivity index (χ4v) is 2.53. The van der Waals surface area contributed by atoms with Gasteiger partial charge in [0.05, 0.1) is 25.6 Å². The van der Waals surface area contributed by atoms with Crippen molar-refractivity contribution in [1.82, 2.24) is 9.97 Å². The topological polar surface area (TPSA) is 116 Å². The van der Waals surface area contributed by atoms with Gasteiger partial charge in [0.1, 0.15) is 10.4 Å². The van der Waals surface area contributed by atoms with Crippen LogP contribution in [0.5, 0.6) is 5.75 Å². The fraction of sp³-hybridized carbons (Fsp3) is 0.333. The third kappa shape index (κ3) is 6.52. The SMILES string of the molecule is COC(=O)CCCCCOc1ccccc1NC(=O)c1nc(Br)cnc1N. The molecular formula is C18H21BrN4O4. The fourth-order valence-electron chi connectivity index (χ4n) is 2.25. The number of methoxy groups -OCH3 is 1. The van der Waals surface area contributed by atoms with Crippen molar-refractivity contribution < 1.29 is 19.1 Å². The average Bonchev–Trinajstić information content (AvgIpc) is 2.67. The molecule has 0 aliphatic rings. The van der Waals surface area contributed by atoms with Crippen LogP contribution in [0.4, 0.5) is 11.5 Å². The number of hydrogen-bond donors (Lipinski definition) is 2. The summed E-state index contributed by atoms with van der Waals surface area (Å²) in [6, 6.07) is 7.09. The van der Waals surface area contributed by atoms with Gasteiger partial charge in [-0.3, -0.25) is 9.59 Å². The number of nitrogens with zero attached hydrogens (tertiary/aromatic N) is 2. The van der Waals surface area contributed by atoms with E-state index in [4.69, 9.17) is 10.5 Å². The van der Waals surface area contributed by atoms with E-state index >= 15 is 0 Å². The highest BCUT2D eigenvalue weighted by Crippen LogP contribution is 2.25. The number of ether oxygens (including phenoxy) is 2. The number of carbonyl (C=O) groups excluding carboxylic acids is 2. The minimum Gasteiger partial charge on any atom is -0.491 e. The Morgan fingerprint density at radius 1 is 1.22 bits per heavy atom. The van der Waals surface area contributed by atoms with Crippen molar-refractivity contribution in [3.63, 3.8) is 0 Å². The van der Waals surface area contributed by atoms with E-state index in [1.807, 2.05) is 6.07 Å². The summed E-state index contributed by atoms with van der Waals surface area (Å²) in [6.45, 7) is 0.465. The van der Waals surface area contributed by atoms with Crippen LogP contribution in [0, 0.1) is 0 Å². The Morgan fingerprint density at radius 3 is 2.78 bits per heavy atom. The van der Waals surface area contributed by atoms with Crippen LogP contribution in [0.25, 0.3) is 0 Å². The van der Waals surface area contributed by atoms with Crippen LogP contribution in [0.1, 0.15) is 36.2 Å². The van der Waals surface area contributed by atoms with Gasteiger partial charge < -0.3 is 20.5 Å². The van der Waals surface area contributed by atoms with Gasteiger partial charge in [-0.05, 0) is 47.3 Å². The molecule has 27 heavy (non-hydrogen) atoms. The molecule has 1 aromatic carbocycles. The maximum Gasteiger partial charge on any atom is 0.305 e. The van der Waals surface area contributed by atoms with Crippen LogP contribution in [0.3, 0.4) is 0 Å². The standard InChI is InChI=1S/C18H21BrN4O4/c1-26-15(24)9-3-2-6-10-27-13-8-5-4-7-12(13)22-18(25)16-17(20)21-11-14(19)23-16/h4-5,7-8,11H,2-3,6,9-10H2,1H3,(H2,20,21)(H,22,25). The van der Waals surface area contributed by atoms with E-state index in [9.17, 15) is 9.59 Å². The molecule has 1 amide bonds. The average molecular weight is 437 g/mol. The van der Waals surface area contributed by atoms with Gasteiger partial charge in [0.15, 0.2) is 11.5 Å². The molecule has 0 radical (unpaired) electrons. The Hall–Kier alpha value is -2.68. The van der Waals surface area contributed by atoms with E-state index in [0.717, 1.165) is 19.3 Å². The molecule has 1 heterocycles. The van der Waals surface area contributed by atoms with Crippen LogP contribution in [-0.2, 0) is 9.53 Å². The first-order chi connectivity index (χ1) is 13.0. The smallest absolute Gasteiger partial charge is 0.305 e. The van der Waals surface area contributed by atoms with Crippen LogP contribution in [0.15, 0.2) is 35.1 Å². The van der Waals surface area contributed by atoms with E-state index in [-0.39, 0.29) is 17.5 Å². The minimum atomic E-state index is -0.476. The zero-order valence-electron chi connectivity index (χ0n) is 14.9. The number of halogens is 1. The van der Waals surface area contributed by atoms with Crippen molar-refractivity contribution in [3.8, 4) is 5.75 Å². The minimum absolute atomic E-state index is 0.0296. The van der Waals surface area contributed by atoms with E-state index < -0.39 is 5.91 Å². The Labute approximate surface area is 165 Å². The lowest BCUT2D eigenvalue weighted by molar-refractivity contribution is -0.140. The molecule has 3 N–H and O–H groups in total. The number of amides is 1. The quantitative estimate of drug-likeness (QED) is 0.457. The molecule has 0 saturated carbocycles. The van der Waals surface area contributed by atoms with Crippen LogP contribution >= 0.6 is 15.9 Å². The zero-order valence-corrected chi connectivity index (χ0v) is 16.5. The number of nitrogens with two attached hydrogens (primary N) is 1. The van der Waals surface area contributed by atoms with Gasteiger partial charge in [-0.1, -0.05) is 12.1 Å². The number of anilines is 2. The monoisotopic (exact) mass is 436 g/mol. The molecule has 1 aromatic heterocycles. The third-order valence-electron chi connectivity index (χ3n) is 3.63. The molecule has 8 nitrogen and oxygen atoms in total. The van der Waals surface area contributed by atoms with Crippen LogP contribution in [0.2, 0.25) is 0 Å². The van der Waals surface area contributed by atoms with E-state index in [1.165, 1.54) is 13.3 Å². The van der Waals surface area contributed by atoms with Gasteiger partial charge in [-0.15, -0.1) is 0 Å². The Kier molecular flexibility index (Phi) is 8.00. The highest BCUT2D eigenvalue weighted by Gasteiger charge is 2.15. The number of nitrogen functional groups attached to an aromatic ring is 1. The number of carbonyl (C=O) groups is 2. The van der Waals surface area contributed by atoms with Crippen molar-refractivity contribution in [1.29, 1.82) is 0 Å². The first-order valence-corrected chi connectivity index (χ1v) is 9.18. The van der Waals surface area contributed by atoms with Crippen LogP contribution in [-0.4, -0.2) is 35.6 Å². The van der Waals surface area contributed by atoms with E-state index in [0.29, 0.717) is 29.1 Å². The predicted octanol–water partition coefficient (Wildman–Crippen LogP) is 3.19. The Balaban J connectivity index is 1.90. The summed E-state index contributed by atoms with van der Waals surface area (Å²) in [5.41, 5.74) is 6.26. The number of aromatic nitrogens is 2. The number of rotatable bonds is 9. The molecule has 0 atom stereocenters. The number of para-hydroxylation sites is 2. The number of nitrogens with one attached hydrogen (secondary N) is 1. The second-order valence-electron chi connectivity index (χ2n) is 5.61. The highest BCUT2D eigenvalue weighted by molar-refractivity contribution is 9.10. The van der Waals surface area contributed by atoms with Gasteiger partial charge in [0.25, 0.3) is 5.91 Å². The summed E-state index contributed by atoms with van der Waals surface area (Å²) in [5, 5.41) is 2.74. The molecule has 2 aromatic rings. The van der Waals surface area contributed by atoms with E-state index in [2.05, 4.69) is 36.0 Å². The molecule has 0 saturated heterocycles. The van der Waals surface area contributed by atoms with Gasteiger partial charge in [0.2, 0.25) is 0 Å².